The highest BCUT2D eigenvalue weighted by atomic mass is 35.5. The summed E-state index contributed by atoms with van der Waals surface area (Å²) >= 11 is 6.23. The van der Waals surface area contributed by atoms with Crippen molar-refractivity contribution < 1.29 is 23.4 Å². The smallest absolute Gasteiger partial charge is 0.336 e. The van der Waals surface area contributed by atoms with Crippen LogP contribution in [0.3, 0.4) is 0 Å². The quantitative estimate of drug-likeness (QED) is 0.630. The highest BCUT2D eigenvalue weighted by Gasteiger charge is 2.13. The number of benzene rings is 2. The van der Waals surface area contributed by atoms with E-state index < -0.39 is 11.5 Å². The molecule has 0 fully saturated rings. The highest BCUT2D eigenvalue weighted by molar-refractivity contribution is 6.32. The molecule has 28 heavy (non-hydrogen) atoms. The van der Waals surface area contributed by atoms with Crippen molar-refractivity contribution in [3.63, 3.8) is 0 Å². The molecule has 1 amide bonds. The van der Waals surface area contributed by atoms with Crippen molar-refractivity contribution in [1.29, 1.82) is 0 Å². The zero-order valence-corrected chi connectivity index (χ0v) is 16.3. The van der Waals surface area contributed by atoms with Crippen LogP contribution in [0.5, 0.6) is 17.2 Å². The van der Waals surface area contributed by atoms with Gasteiger partial charge in [0.05, 0.1) is 24.9 Å². The van der Waals surface area contributed by atoms with Crippen LogP contribution >= 0.6 is 11.6 Å². The summed E-state index contributed by atoms with van der Waals surface area (Å²) in [4.78, 5) is 23.8. The summed E-state index contributed by atoms with van der Waals surface area (Å²) in [6.45, 7) is 1.49. The van der Waals surface area contributed by atoms with Gasteiger partial charge in [-0.25, -0.2) is 4.79 Å². The minimum Gasteiger partial charge on any atom is -0.497 e. The van der Waals surface area contributed by atoms with E-state index in [9.17, 15) is 9.59 Å². The Labute approximate surface area is 165 Å². The molecule has 0 bridgehead atoms. The van der Waals surface area contributed by atoms with Crippen molar-refractivity contribution in [3.05, 3.63) is 57.4 Å². The number of nitrogens with one attached hydrogen (secondary N) is 1. The molecule has 2 aromatic carbocycles. The van der Waals surface area contributed by atoms with Crippen molar-refractivity contribution in [1.82, 2.24) is 0 Å². The monoisotopic (exact) mass is 403 g/mol. The first kappa shape index (κ1) is 19.6. The summed E-state index contributed by atoms with van der Waals surface area (Å²) in [6.07, 6.45) is 0. The lowest BCUT2D eigenvalue weighted by Gasteiger charge is -2.13. The van der Waals surface area contributed by atoms with Gasteiger partial charge in [-0.2, -0.15) is 0 Å². The van der Waals surface area contributed by atoms with Crippen LogP contribution in [0.1, 0.15) is 5.56 Å². The maximum absolute atomic E-state index is 12.3. The Hall–Kier alpha value is -3.19. The fourth-order valence-corrected chi connectivity index (χ4v) is 2.88. The normalized spacial score (nSPS) is 10.6. The first-order chi connectivity index (χ1) is 13.4. The van der Waals surface area contributed by atoms with Gasteiger partial charge in [0, 0.05) is 23.6 Å². The number of methoxy groups -OCH3 is 2. The number of ether oxygens (including phenoxy) is 3. The van der Waals surface area contributed by atoms with E-state index >= 15 is 0 Å². The van der Waals surface area contributed by atoms with Gasteiger partial charge >= 0.3 is 5.63 Å². The van der Waals surface area contributed by atoms with Gasteiger partial charge in [0.1, 0.15) is 22.8 Å². The van der Waals surface area contributed by atoms with E-state index in [1.165, 1.54) is 26.4 Å². The van der Waals surface area contributed by atoms with Crippen molar-refractivity contribution in [2.45, 2.75) is 6.92 Å². The van der Waals surface area contributed by atoms with Crippen molar-refractivity contribution in [2.75, 3.05) is 26.1 Å². The van der Waals surface area contributed by atoms with E-state index in [2.05, 4.69) is 5.32 Å². The molecule has 1 aromatic heterocycles. The van der Waals surface area contributed by atoms with E-state index in [0.717, 1.165) is 5.56 Å². The van der Waals surface area contributed by atoms with E-state index in [4.69, 9.17) is 30.2 Å². The molecule has 0 aliphatic heterocycles. The number of aryl methyl sites for hydroxylation is 1. The maximum Gasteiger partial charge on any atom is 0.336 e. The third-order valence-electron chi connectivity index (χ3n) is 4.05. The topological polar surface area (TPSA) is 87.0 Å². The molecule has 3 aromatic rings. The molecule has 0 saturated heterocycles. The minimum absolute atomic E-state index is 0.236. The van der Waals surface area contributed by atoms with Crippen LogP contribution in [-0.4, -0.2) is 26.7 Å². The summed E-state index contributed by atoms with van der Waals surface area (Å²) in [5, 5.41) is 3.70. The van der Waals surface area contributed by atoms with Crippen molar-refractivity contribution in [2.24, 2.45) is 0 Å². The number of fused-ring (bicyclic) bond motifs is 1. The highest BCUT2D eigenvalue weighted by Crippen LogP contribution is 2.31. The molecular weight excluding hydrogens is 386 g/mol. The second kappa shape index (κ2) is 8.22. The lowest BCUT2D eigenvalue weighted by Crippen LogP contribution is -2.20. The van der Waals surface area contributed by atoms with Gasteiger partial charge in [0.2, 0.25) is 0 Å². The Morgan fingerprint density at radius 3 is 2.61 bits per heavy atom. The van der Waals surface area contributed by atoms with Crippen LogP contribution in [0.15, 0.2) is 45.6 Å². The van der Waals surface area contributed by atoms with E-state index in [0.29, 0.717) is 33.2 Å². The molecule has 0 radical (unpaired) electrons. The van der Waals surface area contributed by atoms with Crippen LogP contribution in [-0.2, 0) is 4.79 Å². The number of hydrogen-bond donors (Lipinski definition) is 1. The van der Waals surface area contributed by atoms with Gasteiger partial charge in [-0.15, -0.1) is 0 Å². The Morgan fingerprint density at radius 1 is 1.11 bits per heavy atom. The maximum atomic E-state index is 12.3. The van der Waals surface area contributed by atoms with Gasteiger partial charge in [-0.3, -0.25) is 4.79 Å². The van der Waals surface area contributed by atoms with Crippen molar-refractivity contribution in [3.8, 4) is 17.2 Å². The Kier molecular flexibility index (Phi) is 5.75. The minimum atomic E-state index is -0.470. The predicted molar refractivity (Wildman–Crippen MR) is 106 cm³/mol. The fraction of sp³-hybridized carbons (Fsp3) is 0.200. The summed E-state index contributed by atoms with van der Waals surface area (Å²) in [5.41, 5.74) is 1.08. The zero-order valence-electron chi connectivity index (χ0n) is 15.5. The van der Waals surface area contributed by atoms with Crippen LogP contribution in [0.4, 0.5) is 5.69 Å². The van der Waals surface area contributed by atoms with Crippen LogP contribution in [0.2, 0.25) is 5.02 Å². The summed E-state index contributed by atoms with van der Waals surface area (Å²) < 4.78 is 21.0. The molecule has 3 rings (SSSR count). The van der Waals surface area contributed by atoms with E-state index in [-0.39, 0.29) is 12.4 Å². The van der Waals surface area contributed by atoms with Crippen LogP contribution < -0.4 is 25.2 Å². The predicted octanol–water partition coefficient (Wildman–Crippen LogP) is 3.79. The number of rotatable bonds is 6. The fourth-order valence-electron chi connectivity index (χ4n) is 2.66. The van der Waals surface area contributed by atoms with Crippen LogP contribution in [0.25, 0.3) is 11.0 Å². The molecular formula is C20H18ClNO6. The van der Waals surface area contributed by atoms with Gasteiger partial charge in [-0.05, 0) is 30.7 Å². The first-order valence-electron chi connectivity index (χ1n) is 8.30. The average Bonchev–Trinajstić information content (AvgIpc) is 2.67. The Morgan fingerprint density at radius 2 is 1.89 bits per heavy atom. The lowest BCUT2D eigenvalue weighted by molar-refractivity contribution is -0.118. The molecule has 8 heteroatoms. The molecule has 0 unspecified atom stereocenters. The summed E-state index contributed by atoms with van der Waals surface area (Å²) in [6, 6.07) is 9.53. The van der Waals surface area contributed by atoms with Gasteiger partial charge in [0.15, 0.2) is 6.61 Å². The largest absolute Gasteiger partial charge is 0.497 e. The number of carbonyl (C=O) groups is 1. The Bertz CT molecular complexity index is 1090. The number of halogens is 1. The van der Waals surface area contributed by atoms with Gasteiger partial charge in [0.25, 0.3) is 5.91 Å². The zero-order chi connectivity index (χ0) is 20.3. The second-order valence-electron chi connectivity index (χ2n) is 5.93. The molecule has 1 heterocycles. The lowest BCUT2D eigenvalue weighted by atomic mass is 10.1. The molecule has 1 N–H and O–H groups in total. The van der Waals surface area contributed by atoms with E-state index in [1.807, 2.05) is 0 Å². The number of carbonyl (C=O) groups excluding carboxylic acids is 1. The van der Waals surface area contributed by atoms with Gasteiger partial charge in [-0.1, -0.05) is 11.6 Å². The molecule has 7 nitrogen and oxygen atoms in total. The second-order valence-corrected chi connectivity index (χ2v) is 6.34. The SMILES string of the molecule is COc1ccc(NC(=O)COc2cc3oc(=O)cc(C)c3cc2Cl)c(OC)c1. The summed E-state index contributed by atoms with van der Waals surface area (Å²) in [7, 11) is 3.03. The van der Waals surface area contributed by atoms with E-state index in [1.54, 1.807) is 31.2 Å². The molecule has 0 aliphatic carbocycles. The number of anilines is 1. The summed E-state index contributed by atoms with van der Waals surface area (Å²) in [5.74, 6) is 0.879. The third-order valence-corrected chi connectivity index (χ3v) is 4.34. The number of hydrogen-bond acceptors (Lipinski definition) is 6. The molecule has 0 atom stereocenters. The Balaban J connectivity index is 1.74. The van der Waals surface area contributed by atoms with Crippen LogP contribution in [0, 0.1) is 6.92 Å². The molecule has 0 aliphatic rings. The van der Waals surface area contributed by atoms with Gasteiger partial charge < -0.3 is 23.9 Å². The first-order valence-corrected chi connectivity index (χ1v) is 8.67. The average molecular weight is 404 g/mol. The number of amides is 1. The molecule has 146 valence electrons. The molecule has 0 saturated carbocycles. The molecule has 0 spiro atoms. The standard InChI is InChI=1S/C20H18ClNO6/c1-11-6-20(24)28-16-9-17(14(21)8-13(11)16)27-10-19(23)22-15-5-4-12(25-2)7-18(15)26-3/h4-9H,10H2,1-3H3,(H,22,23). The van der Waals surface area contributed by atoms with Crippen molar-refractivity contribution >= 4 is 34.2 Å². The third kappa shape index (κ3) is 4.20.